The average Bonchev–Trinajstić information content (AvgIpc) is 2.95. The van der Waals surface area contributed by atoms with Gasteiger partial charge in [-0.05, 0) is 25.1 Å². The lowest BCUT2D eigenvalue weighted by atomic mass is 9.91. The predicted octanol–water partition coefficient (Wildman–Crippen LogP) is 2.70. The zero-order valence-corrected chi connectivity index (χ0v) is 16.7. The van der Waals surface area contributed by atoms with Crippen LogP contribution in [-0.4, -0.2) is 78.6 Å². The molecule has 0 bridgehead atoms. The molecule has 0 aliphatic carbocycles. The topological polar surface area (TPSA) is 53.1 Å². The number of likely N-dealkylation sites (tertiary alicyclic amines) is 1. The number of piperidine rings is 1. The maximum absolute atomic E-state index is 12.6. The number of likely N-dealkylation sites (N-methyl/N-ethyl adjacent to an activating group) is 1. The van der Waals surface area contributed by atoms with E-state index in [-0.39, 0.29) is 12.0 Å². The third-order valence-electron chi connectivity index (χ3n) is 5.45. The van der Waals surface area contributed by atoms with Gasteiger partial charge >= 0.3 is 6.09 Å². The molecule has 1 aromatic carbocycles. The molecule has 2 aliphatic rings. The van der Waals surface area contributed by atoms with Gasteiger partial charge in [-0.15, -0.1) is 0 Å². The SMILES string of the molecule is CC(C)CN(C)CCN1CC2(CCN(C(=O)c3ccccc3)CC2)OC1=O. The fourth-order valence-corrected chi connectivity index (χ4v) is 4.01. The number of nitrogens with zero attached hydrogens (tertiary/aromatic N) is 3. The Kier molecular flexibility index (Phi) is 6.05. The maximum atomic E-state index is 12.6. The van der Waals surface area contributed by atoms with E-state index in [0.717, 1.165) is 13.1 Å². The molecule has 2 heterocycles. The fraction of sp³-hybridized carbons (Fsp3) is 0.619. The predicted molar refractivity (Wildman–Crippen MR) is 105 cm³/mol. The van der Waals surface area contributed by atoms with Gasteiger partial charge in [-0.2, -0.15) is 0 Å². The molecule has 0 radical (unpaired) electrons. The largest absolute Gasteiger partial charge is 0.441 e. The molecule has 3 rings (SSSR count). The van der Waals surface area contributed by atoms with Crippen molar-refractivity contribution in [2.75, 3.05) is 46.3 Å². The summed E-state index contributed by atoms with van der Waals surface area (Å²) in [5.74, 6) is 0.667. The Morgan fingerprint density at radius 1 is 1.22 bits per heavy atom. The molecular weight excluding hydrogens is 342 g/mol. The summed E-state index contributed by atoms with van der Waals surface area (Å²) < 4.78 is 5.78. The second-order valence-corrected chi connectivity index (χ2v) is 8.29. The number of ether oxygens (including phenoxy) is 1. The zero-order valence-electron chi connectivity index (χ0n) is 16.7. The van der Waals surface area contributed by atoms with E-state index < -0.39 is 5.60 Å². The van der Waals surface area contributed by atoms with Crippen LogP contribution in [0, 0.1) is 5.92 Å². The number of carbonyl (C=O) groups is 2. The first-order valence-electron chi connectivity index (χ1n) is 9.89. The molecule has 2 saturated heterocycles. The third-order valence-corrected chi connectivity index (χ3v) is 5.45. The molecule has 2 fully saturated rings. The van der Waals surface area contributed by atoms with Gasteiger partial charge in [-0.1, -0.05) is 32.0 Å². The number of hydrogen-bond donors (Lipinski definition) is 0. The summed E-state index contributed by atoms with van der Waals surface area (Å²) in [5, 5.41) is 0. The number of rotatable bonds is 6. The van der Waals surface area contributed by atoms with Gasteiger partial charge in [0.2, 0.25) is 0 Å². The highest BCUT2D eigenvalue weighted by atomic mass is 16.6. The van der Waals surface area contributed by atoms with E-state index in [9.17, 15) is 9.59 Å². The van der Waals surface area contributed by atoms with Crippen LogP contribution in [0.3, 0.4) is 0 Å². The summed E-state index contributed by atoms with van der Waals surface area (Å²) in [4.78, 5) is 30.9. The third kappa shape index (κ3) is 4.80. The molecule has 2 amide bonds. The van der Waals surface area contributed by atoms with E-state index in [4.69, 9.17) is 4.74 Å². The van der Waals surface area contributed by atoms with Crippen molar-refractivity contribution in [3.8, 4) is 0 Å². The van der Waals surface area contributed by atoms with Gasteiger partial charge in [0.15, 0.2) is 0 Å². The molecule has 6 nitrogen and oxygen atoms in total. The average molecular weight is 373 g/mol. The van der Waals surface area contributed by atoms with Crippen LogP contribution in [0.25, 0.3) is 0 Å². The van der Waals surface area contributed by atoms with Crippen molar-refractivity contribution in [3.05, 3.63) is 35.9 Å². The molecule has 1 aromatic rings. The van der Waals surface area contributed by atoms with Gasteiger partial charge in [0.25, 0.3) is 5.91 Å². The summed E-state index contributed by atoms with van der Waals surface area (Å²) in [6, 6.07) is 9.36. The Labute approximate surface area is 162 Å². The molecule has 0 aromatic heterocycles. The lowest BCUT2D eigenvalue weighted by Gasteiger charge is -2.37. The Balaban J connectivity index is 1.51. The Bertz CT molecular complexity index is 654. The molecule has 1 spiro atoms. The van der Waals surface area contributed by atoms with Gasteiger partial charge in [-0.25, -0.2) is 4.79 Å². The van der Waals surface area contributed by atoms with Crippen molar-refractivity contribution in [1.82, 2.24) is 14.7 Å². The van der Waals surface area contributed by atoms with Crippen molar-refractivity contribution in [3.63, 3.8) is 0 Å². The van der Waals surface area contributed by atoms with E-state index in [2.05, 4.69) is 25.8 Å². The first kappa shape index (κ1) is 19.7. The lowest BCUT2D eigenvalue weighted by molar-refractivity contribution is 0.00313. The molecule has 0 saturated carbocycles. The van der Waals surface area contributed by atoms with E-state index in [1.54, 1.807) is 0 Å². The van der Waals surface area contributed by atoms with Crippen LogP contribution >= 0.6 is 0 Å². The Morgan fingerprint density at radius 2 is 1.89 bits per heavy atom. The summed E-state index contributed by atoms with van der Waals surface area (Å²) in [5.41, 5.74) is 0.285. The van der Waals surface area contributed by atoms with Crippen molar-refractivity contribution in [2.45, 2.75) is 32.3 Å². The smallest absolute Gasteiger partial charge is 0.410 e. The molecule has 0 unspecified atom stereocenters. The van der Waals surface area contributed by atoms with E-state index in [1.807, 2.05) is 40.1 Å². The monoisotopic (exact) mass is 373 g/mol. The number of carbonyl (C=O) groups excluding carboxylic acids is 2. The number of benzene rings is 1. The van der Waals surface area contributed by atoms with Crippen LogP contribution in [0.15, 0.2) is 30.3 Å². The van der Waals surface area contributed by atoms with Crippen LogP contribution in [-0.2, 0) is 4.74 Å². The van der Waals surface area contributed by atoms with E-state index >= 15 is 0 Å². The van der Waals surface area contributed by atoms with Crippen LogP contribution in [0.1, 0.15) is 37.0 Å². The normalized spacial score (nSPS) is 19.2. The molecule has 6 heteroatoms. The highest BCUT2D eigenvalue weighted by Crippen LogP contribution is 2.33. The van der Waals surface area contributed by atoms with Crippen LogP contribution < -0.4 is 0 Å². The molecular formula is C21H31N3O3. The Hall–Kier alpha value is -2.08. The van der Waals surface area contributed by atoms with Crippen molar-refractivity contribution < 1.29 is 14.3 Å². The van der Waals surface area contributed by atoms with Crippen LogP contribution in [0.4, 0.5) is 4.79 Å². The molecule has 0 atom stereocenters. The minimum absolute atomic E-state index is 0.0574. The number of amides is 2. The Morgan fingerprint density at radius 3 is 2.52 bits per heavy atom. The highest BCUT2D eigenvalue weighted by molar-refractivity contribution is 5.94. The van der Waals surface area contributed by atoms with Crippen LogP contribution in [0.2, 0.25) is 0 Å². The minimum atomic E-state index is -0.429. The van der Waals surface area contributed by atoms with E-state index in [1.165, 1.54) is 0 Å². The standard InChI is InChI=1S/C21H31N3O3/c1-17(2)15-22(3)13-14-24-16-21(27-20(24)26)9-11-23(12-10-21)19(25)18-7-5-4-6-8-18/h4-8,17H,9-16H2,1-3H3. The van der Waals surface area contributed by atoms with E-state index in [0.29, 0.717) is 50.5 Å². The van der Waals surface area contributed by atoms with Gasteiger partial charge in [0.1, 0.15) is 5.60 Å². The molecule has 0 N–H and O–H groups in total. The molecule has 148 valence electrons. The van der Waals surface area contributed by atoms with Crippen molar-refractivity contribution in [1.29, 1.82) is 0 Å². The number of hydrogen-bond acceptors (Lipinski definition) is 4. The highest BCUT2D eigenvalue weighted by Gasteiger charge is 2.47. The molecule has 2 aliphatic heterocycles. The van der Waals surface area contributed by atoms with Gasteiger partial charge < -0.3 is 19.4 Å². The second kappa shape index (κ2) is 8.30. The zero-order chi connectivity index (χ0) is 19.4. The van der Waals surface area contributed by atoms with Crippen molar-refractivity contribution >= 4 is 12.0 Å². The van der Waals surface area contributed by atoms with Crippen LogP contribution in [0.5, 0.6) is 0 Å². The van der Waals surface area contributed by atoms with Gasteiger partial charge in [-0.3, -0.25) is 4.79 Å². The summed E-state index contributed by atoms with van der Waals surface area (Å²) in [7, 11) is 2.09. The lowest BCUT2D eigenvalue weighted by Crippen LogP contribution is -2.49. The summed E-state index contributed by atoms with van der Waals surface area (Å²) >= 11 is 0. The summed E-state index contributed by atoms with van der Waals surface area (Å²) in [6.07, 6.45) is 1.20. The molecule has 27 heavy (non-hydrogen) atoms. The van der Waals surface area contributed by atoms with Gasteiger partial charge in [0.05, 0.1) is 6.54 Å². The minimum Gasteiger partial charge on any atom is -0.441 e. The maximum Gasteiger partial charge on any atom is 0.410 e. The summed E-state index contributed by atoms with van der Waals surface area (Å²) in [6.45, 7) is 8.84. The first-order valence-corrected chi connectivity index (χ1v) is 9.89. The fourth-order valence-electron chi connectivity index (χ4n) is 4.01. The second-order valence-electron chi connectivity index (χ2n) is 8.29. The van der Waals surface area contributed by atoms with Gasteiger partial charge in [0, 0.05) is 51.1 Å². The quantitative estimate of drug-likeness (QED) is 0.769. The van der Waals surface area contributed by atoms with Crippen molar-refractivity contribution in [2.24, 2.45) is 5.92 Å². The first-order chi connectivity index (χ1) is 12.9.